The van der Waals surface area contributed by atoms with Gasteiger partial charge in [-0.25, -0.2) is 0 Å². The van der Waals surface area contributed by atoms with E-state index in [1.54, 1.807) is 97.1 Å². The van der Waals surface area contributed by atoms with Crippen LogP contribution in [-0.2, 0) is 0 Å². The highest BCUT2D eigenvalue weighted by molar-refractivity contribution is 5.71. The first kappa shape index (κ1) is 40.8. The molecule has 12 rings (SSSR count). The van der Waals surface area contributed by atoms with E-state index < -0.39 is 47.7 Å². The number of aromatic hydroxyl groups is 10. The fourth-order valence-electron chi connectivity index (χ4n) is 12.0. The van der Waals surface area contributed by atoms with Crippen LogP contribution >= 0.6 is 0 Å². The minimum absolute atomic E-state index is 0.0195. The van der Waals surface area contributed by atoms with E-state index in [2.05, 4.69) is 0 Å². The molecule has 338 valence electrons. The van der Waals surface area contributed by atoms with Crippen LogP contribution in [0.15, 0.2) is 146 Å². The van der Waals surface area contributed by atoms with Crippen molar-refractivity contribution in [2.75, 3.05) is 0 Å². The van der Waals surface area contributed by atoms with Gasteiger partial charge in [0, 0.05) is 70.2 Å². The number of hydrogen-bond donors (Lipinski definition) is 10. The number of rotatable bonds is 4. The molecule has 2 aliphatic heterocycles. The summed E-state index contributed by atoms with van der Waals surface area (Å²) in [4.78, 5) is 0. The molecule has 0 spiro atoms. The first-order valence-corrected chi connectivity index (χ1v) is 22.2. The molecule has 0 saturated heterocycles. The van der Waals surface area contributed by atoms with Gasteiger partial charge in [0.1, 0.15) is 81.2 Å². The van der Waals surface area contributed by atoms with Crippen molar-refractivity contribution in [2.45, 2.75) is 47.7 Å². The topological polar surface area (TPSA) is 221 Å². The summed E-state index contributed by atoms with van der Waals surface area (Å²) in [5.74, 6) is -6.17. The molecule has 0 amide bonds. The molecule has 12 heteroatoms. The highest BCUT2D eigenvalue weighted by atomic mass is 16.5. The van der Waals surface area contributed by atoms with Crippen LogP contribution in [0.3, 0.4) is 0 Å². The number of hydrogen-bond acceptors (Lipinski definition) is 12. The summed E-state index contributed by atoms with van der Waals surface area (Å²) in [6.07, 6.45) is -1.70. The second kappa shape index (κ2) is 14.9. The average molecular weight is 907 g/mol. The molecular formula is C56H42O12. The molecule has 8 aromatic rings. The van der Waals surface area contributed by atoms with Crippen LogP contribution < -0.4 is 9.47 Å². The zero-order chi connectivity index (χ0) is 46.9. The number of phenols is 10. The minimum Gasteiger partial charge on any atom is -0.508 e. The molecule has 2 heterocycles. The van der Waals surface area contributed by atoms with Gasteiger partial charge in [0.2, 0.25) is 0 Å². The third kappa shape index (κ3) is 6.20. The summed E-state index contributed by atoms with van der Waals surface area (Å²) >= 11 is 0. The van der Waals surface area contributed by atoms with Crippen molar-refractivity contribution in [3.8, 4) is 69.0 Å². The van der Waals surface area contributed by atoms with Crippen LogP contribution in [0.4, 0.5) is 0 Å². The average Bonchev–Trinajstić information content (AvgIpc) is 3.87. The number of phenolic OH excluding ortho intramolecular Hbond substituents is 10. The van der Waals surface area contributed by atoms with E-state index in [-0.39, 0.29) is 57.5 Å². The molecule has 0 saturated carbocycles. The van der Waals surface area contributed by atoms with Gasteiger partial charge in [0.25, 0.3) is 0 Å². The molecule has 2 aliphatic carbocycles. The van der Waals surface area contributed by atoms with E-state index in [0.717, 1.165) is 0 Å². The van der Waals surface area contributed by atoms with Crippen molar-refractivity contribution in [3.63, 3.8) is 0 Å². The third-order valence-electron chi connectivity index (χ3n) is 14.5. The van der Waals surface area contributed by atoms with E-state index in [0.29, 0.717) is 78.3 Å². The molecule has 12 nitrogen and oxygen atoms in total. The van der Waals surface area contributed by atoms with Crippen molar-refractivity contribution < 1.29 is 60.5 Å². The first-order chi connectivity index (χ1) is 32.8. The summed E-state index contributed by atoms with van der Waals surface area (Å²) in [5, 5.41) is 115. The monoisotopic (exact) mass is 906 g/mol. The van der Waals surface area contributed by atoms with Crippen molar-refractivity contribution >= 4 is 0 Å². The summed E-state index contributed by atoms with van der Waals surface area (Å²) in [6, 6.07) is 38.3. The normalized spacial score (nSPS) is 22.6. The maximum atomic E-state index is 12.8. The van der Waals surface area contributed by atoms with Gasteiger partial charge >= 0.3 is 0 Å². The maximum Gasteiger partial charge on any atom is 0.135 e. The second-order valence-corrected chi connectivity index (χ2v) is 18.2. The Morgan fingerprint density at radius 1 is 0.265 bits per heavy atom. The lowest BCUT2D eigenvalue weighted by molar-refractivity contribution is 0.219. The lowest BCUT2D eigenvalue weighted by Crippen LogP contribution is -2.33. The van der Waals surface area contributed by atoms with E-state index in [4.69, 9.17) is 9.47 Å². The van der Waals surface area contributed by atoms with Crippen LogP contribution in [0.5, 0.6) is 69.0 Å². The Hall–Kier alpha value is -8.64. The Labute approximate surface area is 388 Å². The zero-order valence-corrected chi connectivity index (χ0v) is 35.8. The van der Waals surface area contributed by atoms with Gasteiger partial charge in [-0.3, -0.25) is 0 Å². The van der Waals surface area contributed by atoms with Gasteiger partial charge in [-0.15, -0.1) is 0 Å². The van der Waals surface area contributed by atoms with Crippen molar-refractivity contribution in [1.29, 1.82) is 0 Å². The van der Waals surface area contributed by atoms with Gasteiger partial charge in [-0.2, -0.15) is 0 Å². The van der Waals surface area contributed by atoms with Crippen LogP contribution in [0, 0.1) is 0 Å². The molecule has 0 aromatic heterocycles. The molecule has 8 aromatic carbocycles. The molecule has 2 unspecified atom stereocenters. The minimum atomic E-state index is -1.01. The maximum absolute atomic E-state index is 12.8. The summed E-state index contributed by atoms with van der Waals surface area (Å²) in [6.45, 7) is 0. The van der Waals surface area contributed by atoms with Crippen LogP contribution in [-0.4, -0.2) is 51.1 Å². The predicted molar refractivity (Wildman–Crippen MR) is 248 cm³/mol. The Bertz CT molecular complexity index is 3110. The smallest absolute Gasteiger partial charge is 0.135 e. The molecule has 68 heavy (non-hydrogen) atoms. The Kier molecular flexibility index (Phi) is 8.97. The highest BCUT2D eigenvalue weighted by Gasteiger charge is 2.55. The van der Waals surface area contributed by atoms with Crippen LogP contribution in [0.1, 0.15) is 114 Å². The molecule has 10 N–H and O–H groups in total. The summed E-state index contributed by atoms with van der Waals surface area (Å²) < 4.78 is 13.8. The fourth-order valence-corrected chi connectivity index (χ4v) is 12.0. The molecule has 0 radical (unpaired) electrons. The number of benzene rings is 8. The Morgan fingerprint density at radius 2 is 0.544 bits per heavy atom. The zero-order valence-electron chi connectivity index (χ0n) is 35.8. The summed E-state index contributed by atoms with van der Waals surface area (Å²) in [5.41, 5.74) is 6.44. The van der Waals surface area contributed by atoms with Gasteiger partial charge < -0.3 is 60.5 Å². The molecule has 4 aliphatic rings. The third-order valence-corrected chi connectivity index (χ3v) is 14.5. The molecule has 0 fully saturated rings. The Morgan fingerprint density at radius 3 is 0.868 bits per heavy atom. The van der Waals surface area contributed by atoms with E-state index in [1.165, 1.54) is 48.5 Å². The highest BCUT2D eigenvalue weighted by Crippen LogP contribution is 2.69. The molecule has 0 bridgehead atoms. The van der Waals surface area contributed by atoms with E-state index in [9.17, 15) is 51.1 Å². The van der Waals surface area contributed by atoms with Crippen LogP contribution in [0.2, 0.25) is 0 Å². The lowest BCUT2D eigenvalue weighted by atomic mass is 9.55. The number of ether oxygens (including phenoxy) is 2. The standard InChI is InChI=1S/C56H42O12/c57-29-9-1-25(2-10-29)45-37-19-35(63)23-43-49(37)51(55(67-43)27-5-13-31(59)14-6-27)40-18-34(62)22-42(66)48(40)54-46(26-3-11-30(58)12-4-26)38-20-36(64)24-44-50(38)52(56(68-44)28-7-15-32(60)16-8-28)39-17-33(61)21-41(65)47(39)53(45)54/h1-24,45-46,51-66H/t45-,46+,51-,52+,53?,54?,55+,56-. The van der Waals surface area contributed by atoms with E-state index >= 15 is 0 Å². The van der Waals surface area contributed by atoms with Crippen molar-refractivity contribution in [1.82, 2.24) is 0 Å². The lowest BCUT2D eigenvalue weighted by Gasteiger charge is -2.46. The largest absolute Gasteiger partial charge is 0.508 e. The Balaban J connectivity index is 1.29. The van der Waals surface area contributed by atoms with Crippen molar-refractivity contribution in [3.05, 3.63) is 212 Å². The van der Waals surface area contributed by atoms with Gasteiger partial charge in [-0.1, -0.05) is 48.5 Å². The molecule has 8 atom stereocenters. The van der Waals surface area contributed by atoms with E-state index in [1.807, 2.05) is 0 Å². The van der Waals surface area contributed by atoms with Crippen molar-refractivity contribution in [2.24, 2.45) is 0 Å². The second-order valence-electron chi connectivity index (χ2n) is 18.2. The number of fused-ring (bicyclic) bond motifs is 7. The quantitative estimate of drug-likeness (QED) is 0.0797. The van der Waals surface area contributed by atoms with Gasteiger partial charge in [-0.05, 0) is 117 Å². The van der Waals surface area contributed by atoms with Crippen LogP contribution in [0.25, 0.3) is 0 Å². The fraction of sp³-hybridized carbons (Fsp3) is 0.143. The summed E-state index contributed by atoms with van der Waals surface area (Å²) in [7, 11) is 0. The predicted octanol–water partition coefficient (Wildman–Crippen LogP) is 10.4. The van der Waals surface area contributed by atoms with Gasteiger partial charge in [0.15, 0.2) is 0 Å². The molecular weight excluding hydrogens is 865 g/mol. The first-order valence-electron chi connectivity index (χ1n) is 22.2. The SMILES string of the molecule is Oc1ccc([C@@H]2c3cc(O)cc4c3[C@@H](c3cc(O)cc(O)c3C3C2c2c(O)cc(O)cc2[C@H]2c5c(cc(O)cc5[C@@H]3c3ccc(O)cc3)O[C@@H]2c2ccc(O)cc2)[C@H](c2ccc(O)cc2)O4)cc1. The van der Waals surface area contributed by atoms with Gasteiger partial charge in [0.05, 0.1) is 11.8 Å².